The van der Waals surface area contributed by atoms with E-state index in [2.05, 4.69) is 15.5 Å². The largest absolute Gasteiger partial charge is 0.453 e. The van der Waals surface area contributed by atoms with E-state index in [0.29, 0.717) is 38.8 Å². The van der Waals surface area contributed by atoms with E-state index < -0.39 is 11.6 Å². The van der Waals surface area contributed by atoms with Gasteiger partial charge in [0.1, 0.15) is 5.54 Å². The summed E-state index contributed by atoms with van der Waals surface area (Å²) in [5.74, 6) is -0.143. The molecule has 194 valence electrons. The number of alkyl carbamates (subject to hydrolysis) is 1. The Morgan fingerprint density at radius 2 is 1.89 bits per heavy atom. The molecule has 3 aliphatic rings. The van der Waals surface area contributed by atoms with Gasteiger partial charge in [0.2, 0.25) is 0 Å². The Kier molecular flexibility index (Phi) is 7.80. The van der Waals surface area contributed by atoms with Gasteiger partial charge in [-0.1, -0.05) is 48.6 Å². The van der Waals surface area contributed by atoms with Gasteiger partial charge in [-0.05, 0) is 43.7 Å². The third-order valence-electron chi connectivity index (χ3n) is 7.60. The Balaban J connectivity index is 1.32. The van der Waals surface area contributed by atoms with Crippen LogP contribution in [-0.2, 0) is 14.3 Å². The van der Waals surface area contributed by atoms with Crippen molar-refractivity contribution in [3.05, 3.63) is 59.7 Å². The van der Waals surface area contributed by atoms with E-state index >= 15 is 0 Å². The van der Waals surface area contributed by atoms with Gasteiger partial charge in [0.05, 0.1) is 25.3 Å². The van der Waals surface area contributed by atoms with Gasteiger partial charge in [-0.15, -0.1) is 0 Å². The van der Waals surface area contributed by atoms with Crippen molar-refractivity contribution < 1.29 is 23.9 Å². The number of nitrogens with one attached hydrogen (secondary N) is 2. The maximum Gasteiger partial charge on any atom is 0.407 e. The molecule has 4 rings (SSSR count). The topological polar surface area (TPSA) is 100 Å². The molecule has 9 heteroatoms. The summed E-state index contributed by atoms with van der Waals surface area (Å²) in [7, 11) is 3.03. The second-order valence-electron chi connectivity index (χ2n) is 9.97. The van der Waals surface area contributed by atoms with Crippen molar-refractivity contribution in [2.75, 3.05) is 40.4 Å². The average molecular weight is 497 g/mol. The maximum atomic E-state index is 13.3. The smallest absolute Gasteiger partial charge is 0.407 e. The number of hydrogen-bond acceptors (Lipinski definition) is 6. The Labute approximate surface area is 212 Å². The SMILES string of the molecule is COC(=O)N[C@@H](CCN1CCC2(CC1)NC(=O)N(CC1=CCC(C)(OC)C=C1)C2=O)c1ccccc1. The molecule has 9 nitrogen and oxygen atoms in total. The summed E-state index contributed by atoms with van der Waals surface area (Å²) < 4.78 is 10.3. The van der Waals surface area contributed by atoms with E-state index in [-0.39, 0.29) is 30.1 Å². The molecule has 0 saturated carbocycles. The van der Waals surface area contributed by atoms with E-state index in [9.17, 15) is 14.4 Å². The van der Waals surface area contributed by atoms with Gasteiger partial charge < -0.3 is 25.0 Å². The zero-order valence-corrected chi connectivity index (χ0v) is 21.3. The van der Waals surface area contributed by atoms with Crippen LogP contribution in [0.15, 0.2) is 54.1 Å². The lowest BCUT2D eigenvalue weighted by Crippen LogP contribution is -2.55. The second kappa shape index (κ2) is 10.8. The van der Waals surface area contributed by atoms with Gasteiger partial charge in [-0.3, -0.25) is 9.69 Å². The molecule has 2 heterocycles. The first-order valence-electron chi connectivity index (χ1n) is 12.5. The van der Waals surface area contributed by atoms with Crippen molar-refractivity contribution in [2.45, 2.75) is 49.8 Å². The van der Waals surface area contributed by atoms with E-state index in [1.807, 2.05) is 55.5 Å². The van der Waals surface area contributed by atoms with Crippen LogP contribution in [0.2, 0.25) is 0 Å². The van der Waals surface area contributed by atoms with Crippen molar-refractivity contribution in [3.8, 4) is 0 Å². The number of carbonyl (C=O) groups is 3. The van der Waals surface area contributed by atoms with Gasteiger partial charge >= 0.3 is 12.1 Å². The van der Waals surface area contributed by atoms with Crippen LogP contribution >= 0.6 is 0 Å². The van der Waals surface area contributed by atoms with Gasteiger partial charge in [0.15, 0.2) is 0 Å². The highest BCUT2D eigenvalue weighted by molar-refractivity contribution is 6.07. The Morgan fingerprint density at radius 3 is 2.50 bits per heavy atom. The Morgan fingerprint density at radius 1 is 1.17 bits per heavy atom. The molecule has 2 fully saturated rings. The number of urea groups is 1. The summed E-state index contributed by atoms with van der Waals surface area (Å²) in [5.41, 5.74) is 0.770. The minimum absolute atomic E-state index is 0.143. The third-order valence-corrected chi connectivity index (χ3v) is 7.60. The molecule has 4 amide bonds. The fourth-order valence-electron chi connectivity index (χ4n) is 5.04. The predicted octanol–water partition coefficient (Wildman–Crippen LogP) is 3.15. The van der Waals surface area contributed by atoms with Crippen LogP contribution in [0.5, 0.6) is 0 Å². The van der Waals surface area contributed by atoms with E-state index in [4.69, 9.17) is 9.47 Å². The molecule has 2 aliphatic heterocycles. The van der Waals surface area contributed by atoms with Gasteiger partial charge in [-0.25, -0.2) is 9.59 Å². The normalized spacial score (nSPS) is 24.4. The Bertz CT molecular complexity index is 1030. The van der Waals surface area contributed by atoms with E-state index in [0.717, 1.165) is 17.7 Å². The number of benzene rings is 1. The molecule has 0 radical (unpaired) electrons. The van der Waals surface area contributed by atoms with Crippen molar-refractivity contribution in [2.24, 2.45) is 0 Å². The van der Waals surface area contributed by atoms with Crippen LogP contribution in [-0.4, -0.2) is 79.4 Å². The van der Waals surface area contributed by atoms with Crippen molar-refractivity contribution in [1.29, 1.82) is 0 Å². The van der Waals surface area contributed by atoms with Gasteiger partial charge in [0.25, 0.3) is 5.91 Å². The van der Waals surface area contributed by atoms with Crippen molar-refractivity contribution in [3.63, 3.8) is 0 Å². The lowest BCUT2D eigenvalue weighted by molar-refractivity contribution is -0.132. The minimum atomic E-state index is -0.837. The molecule has 1 aromatic rings. The monoisotopic (exact) mass is 496 g/mol. The lowest BCUT2D eigenvalue weighted by atomic mass is 9.87. The van der Waals surface area contributed by atoms with Crippen LogP contribution < -0.4 is 10.6 Å². The number of methoxy groups -OCH3 is 2. The van der Waals surface area contributed by atoms with E-state index in [1.165, 1.54) is 12.0 Å². The van der Waals surface area contributed by atoms with Crippen molar-refractivity contribution >= 4 is 18.0 Å². The van der Waals surface area contributed by atoms with E-state index in [1.54, 1.807) is 7.11 Å². The Hall–Kier alpha value is -3.17. The first kappa shape index (κ1) is 25.9. The first-order chi connectivity index (χ1) is 17.3. The molecule has 1 unspecified atom stereocenters. The zero-order chi connectivity index (χ0) is 25.8. The highest BCUT2D eigenvalue weighted by Crippen LogP contribution is 2.32. The van der Waals surface area contributed by atoms with Crippen LogP contribution in [0, 0.1) is 0 Å². The van der Waals surface area contributed by atoms with Crippen LogP contribution in [0.3, 0.4) is 0 Å². The summed E-state index contributed by atoms with van der Waals surface area (Å²) in [5, 5.41) is 5.91. The molecule has 2 atom stereocenters. The molecule has 2 N–H and O–H groups in total. The number of ether oxygens (including phenoxy) is 2. The number of hydrogen-bond donors (Lipinski definition) is 2. The molecule has 1 spiro atoms. The van der Waals surface area contributed by atoms with Crippen LogP contribution in [0.1, 0.15) is 44.2 Å². The first-order valence-corrected chi connectivity index (χ1v) is 12.5. The molecular weight excluding hydrogens is 460 g/mol. The average Bonchev–Trinajstić information content (AvgIpc) is 3.13. The highest BCUT2D eigenvalue weighted by Gasteiger charge is 2.52. The summed E-state index contributed by atoms with van der Waals surface area (Å²) in [6, 6.07) is 9.31. The lowest BCUT2D eigenvalue weighted by Gasteiger charge is -2.37. The number of rotatable bonds is 8. The molecule has 1 aliphatic carbocycles. The minimum Gasteiger partial charge on any atom is -0.453 e. The standard InChI is InChI=1S/C27H36N4O5/c1-26(36-3)12-9-20(10-13-26)19-31-23(32)27(29-24(31)33)14-17-30(18-15-27)16-11-22(28-25(34)35-2)21-7-5-4-6-8-21/h4-10,12,22H,11,13-19H2,1-3H3,(H,28,34)(H,29,33)/t22-,26?/m0/s1. The van der Waals surface area contributed by atoms with Gasteiger partial charge in [-0.2, -0.15) is 0 Å². The number of imide groups is 1. The molecular formula is C27H36N4O5. The number of nitrogens with zero attached hydrogens (tertiary/aromatic N) is 2. The summed E-state index contributed by atoms with van der Waals surface area (Å²) in [4.78, 5) is 41.6. The van der Waals surface area contributed by atoms with Crippen molar-refractivity contribution in [1.82, 2.24) is 20.4 Å². The molecule has 36 heavy (non-hydrogen) atoms. The third kappa shape index (κ3) is 5.63. The summed E-state index contributed by atoms with van der Waals surface area (Å²) in [6.07, 6.45) is 8.02. The second-order valence-corrected chi connectivity index (χ2v) is 9.97. The summed E-state index contributed by atoms with van der Waals surface area (Å²) in [6.45, 7) is 4.40. The molecule has 0 bridgehead atoms. The fourth-order valence-corrected chi connectivity index (χ4v) is 5.04. The predicted molar refractivity (Wildman–Crippen MR) is 135 cm³/mol. The number of likely N-dealkylation sites (tertiary alicyclic amines) is 1. The highest BCUT2D eigenvalue weighted by atomic mass is 16.5. The van der Waals surface area contributed by atoms with Gasteiger partial charge in [0, 0.05) is 26.7 Å². The van der Waals surface area contributed by atoms with Crippen LogP contribution in [0.4, 0.5) is 9.59 Å². The fraction of sp³-hybridized carbons (Fsp3) is 0.519. The van der Waals surface area contributed by atoms with Crippen LogP contribution in [0.25, 0.3) is 0 Å². The number of carbonyl (C=O) groups excluding carboxylic acids is 3. The zero-order valence-electron chi connectivity index (χ0n) is 21.3. The molecule has 1 aromatic carbocycles. The number of piperidine rings is 1. The molecule has 0 aromatic heterocycles. The number of amides is 4. The molecule has 2 saturated heterocycles. The quantitative estimate of drug-likeness (QED) is 0.537. The summed E-state index contributed by atoms with van der Waals surface area (Å²) >= 11 is 0. The maximum absolute atomic E-state index is 13.3.